The standard InChI is InChI=1S/C13H15NOS/c1-9-5-3-4-6-11(9)7-13(15)12-8-16-10(2)14-12/h3-6,8,13,15H,7H2,1-2H3. The van der Waals surface area contributed by atoms with Gasteiger partial charge in [0.15, 0.2) is 0 Å². The third-order valence-corrected chi connectivity index (χ3v) is 3.44. The molecule has 0 spiro atoms. The van der Waals surface area contributed by atoms with Gasteiger partial charge in [-0.1, -0.05) is 24.3 Å². The predicted molar refractivity (Wildman–Crippen MR) is 66.7 cm³/mol. The van der Waals surface area contributed by atoms with Gasteiger partial charge in [0.05, 0.1) is 10.7 Å². The third kappa shape index (κ3) is 2.49. The molecule has 1 heterocycles. The van der Waals surface area contributed by atoms with Gasteiger partial charge < -0.3 is 5.11 Å². The summed E-state index contributed by atoms with van der Waals surface area (Å²) >= 11 is 1.58. The first-order valence-corrected chi connectivity index (χ1v) is 6.19. The number of nitrogens with zero attached hydrogens (tertiary/aromatic N) is 1. The number of aryl methyl sites for hydroxylation is 2. The second-order valence-electron chi connectivity index (χ2n) is 3.94. The topological polar surface area (TPSA) is 33.1 Å². The fourth-order valence-corrected chi connectivity index (χ4v) is 2.34. The van der Waals surface area contributed by atoms with Crippen LogP contribution in [0.3, 0.4) is 0 Å². The maximum Gasteiger partial charge on any atom is 0.101 e. The molecule has 0 saturated carbocycles. The van der Waals surface area contributed by atoms with Crippen LogP contribution in [0.4, 0.5) is 0 Å². The molecule has 2 rings (SSSR count). The molecule has 1 aromatic heterocycles. The normalized spacial score (nSPS) is 12.7. The first kappa shape index (κ1) is 11.3. The van der Waals surface area contributed by atoms with Gasteiger partial charge in [0.2, 0.25) is 0 Å². The average molecular weight is 233 g/mol. The van der Waals surface area contributed by atoms with Gasteiger partial charge in [0.1, 0.15) is 6.10 Å². The second kappa shape index (κ2) is 4.76. The molecule has 0 aliphatic heterocycles. The van der Waals surface area contributed by atoms with Crippen LogP contribution in [-0.4, -0.2) is 10.1 Å². The maximum atomic E-state index is 10.1. The summed E-state index contributed by atoms with van der Waals surface area (Å²) < 4.78 is 0. The van der Waals surface area contributed by atoms with Crippen molar-refractivity contribution >= 4 is 11.3 Å². The lowest BCUT2D eigenvalue weighted by molar-refractivity contribution is 0.174. The van der Waals surface area contributed by atoms with Gasteiger partial charge in [-0.2, -0.15) is 0 Å². The molecule has 16 heavy (non-hydrogen) atoms. The Morgan fingerprint density at radius 2 is 2.06 bits per heavy atom. The Morgan fingerprint density at radius 1 is 1.31 bits per heavy atom. The van der Waals surface area contributed by atoms with Crippen LogP contribution in [0.1, 0.15) is 27.9 Å². The molecule has 0 fully saturated rings. The first-order chi connectivity index (χ1) is 7.66. The summed E-state index contributed by atoms with van der Waals surface area (Å²) in [4.78, 5) is 4.30. The van der Waals surface area contributed by atoms with E-state index in [9.17, 15) is 5.11 Å². The zero-order valence-electron chi connectivity index (χ0n) is 9.47. The molecule has 0 radical (unpaired) electrons. The van der Waals surface area contributed by atoms with Crippen molar-refractivity contribution in [2.24, 2.45) is 0 Å². The molecule has 2 aromatic rings. The van der Waals surface area contributed by atoms with E-state index in [1.807, 2.05) is 24.4 Å². The monoisotopic (exact) mass is 233 g/mol. The number of aliphatic hydroxyl groups excluding tert-OH is 1. The average Bonchev–Trinajstić information content (AvgIpc) is 2.68. The second-order valence-corrected chi connectivity index (χ2v) is 5.00. The third-order valence-electron chi connectivity index (χ3n) is 2.65. The summed E-state index contributed by atoms with van der Waals surface area (Å²) in [7, 11) is 0. The van der Waals surface area contributed by atoms with E-state index in [2.05, 4.69) is 24.0 Å². The van der Waals surface area contributed by atoms with E-state index in [-0.39, 0.29) is 0 Å². The fourth-order valence-electron chi connectivity index (χ4n) is 1.69. The molecule has 1 N–H and O–H groups in total. The lowest BCUT2D eigenvalue weighted by atomic mass is 10.0. The van der Waals surface area contributed by atoms with E-state index < -0.39 is 6.10 Å². The summed E-state index contributed by atoms with van der Waals surface area (Å²) in [5.41, 5.74) is 3.18. The molecule has 0 saturated heterocycles. The number of hydrogen-bond donors (Lipinski definition) is 1. The zero-order chi connectivity index (χ0) is 11.5. The molecule has 1 unspecified atom stereocenters. The minimum absolute atomic E-state index is 0.494. The first-order valence-electron chi connectivity index (χ1n) is 5.31. The summed E-state index contributed by atoms with van der Waals surface area (Å²) in [5.74, 6) is 0. The van der Waals surface area contributed by atoms with Crippen molar-refractivity contribution in [3.8, 4) is 0 Å². The van der Waals surface area contributed by atoms with Gasteiger partial charge in [-0.15, -0.1) is 11.3 Å². The molecule has 0 bridgehead atoms. The summed E-state index contributed by atoms with van der Waals surface area (Å²) in [5, 5.41) is 13.0. The number of benzene rings is 1. The highest BCUT2D eigenvalue weighted by Gasteiger charge is 2.12. The highest BCUT2D eigenvalue weighted by Crippen LogP contribution is 2.21. The van der Waals surface area contributed by atoms with Gasteiger partial charge in [0, 0.05) is 11.8 Å². The molecule has 3 heteroatoms. The van der Waals surface area contributed by atoms with E-state index in [0.29, 0.717) is 6.42 Å². The van der Waals surface area contributed by atoms with Gasteiger partial charge >= 0.3 is 0 Å². The molecule has 0 amide bonds. The van der Waals surface area contributed by atoms with Crippen molar-refractivity contribution in [3.05, 3.63) is 51.5 Å². The van der Waals surface area contributed by atoms with Crippen LogP contribution < -0.4 is 0 Å². The molecule has 2 nitrogen and oxygen atoms in total. The molecule has 1 atom stereocenters. The van der Waals surface area contributed by atoms with E-state index in [1.165, 1.54) is 11.1 Å². The Bertz CT molecular complexity index is 478. The van der Waals surface area contributed by atoms with Gasteiger partial charge in [-0.25, -0.2) is 4.98 Å². The molecular formula is C13H15NOS. The van der Waals surface area contributed by atoms with Gasteiger partial charge in [-0.05, 0) is 25.0 Å². The van der Waals surface area contributed by atoms with Crippen LogP contribution in [0.25, 0.3) is 0 Å². The summed E-state index contributed by atoms with van der Waals surface area (Å²) in [6.07, 6.45) is 0.140. The quantitative estimate of drug-likeness (QED) is 0.884. The van der Waals surface area contributed by atoms with Crippen molar-refractivity contribution in [3.63, 3.8) is 0 Å². The van der Waals surface area contributed by atoms with Crippen LogP contribution in [0.15, 0.2) is 29.6 Å². The van der Waals surface area contributed by atoms with Gasteiger partial charge in [0.25, 0.3) is 0 Å². The van der Waals surface area contributed by atoms with Crippen LogP contribution in [0, 0.1) is 13.8 Å². The number of aromatic nitrogens is 1. The number of aliphatic hydroxyl groups is 1. The smallest absolute Gasteiger partial charge is 0.101 e. The van der Waals surface area contributed by atoms with E-state index >= 15 is 0 Å². The Balaban J connectivity index is 2.13. The van der Waals surface area contributed by atoms with Crippen molar-refractivity contribution in [2.45, 2.75) is 26.4 Å². The van der Waals surface area contributed by atoms with Crippen molar-refractivity contribution in [1.82, 2.24) is 4.98 Å². The Morgan fingerprint density at radius 3 is 2.69 bits per heavy atom. The largest absolute Gasteiger partial charge is 0.386 e. The Hall–Kier alpha value is -1.19. The van der Waals surface area contributed by atoms with Crippen molar-refractivity contribution < 1.29 is 5.11 Å². The fraction of sp³-hybridized carbons (Fsp3) is 0.308. The van der Waals surface area contributed by atoms with Crippen molar-refractivity contribution in [1.29, 1.82) is 0 Å². The zero-order valence-corrected chi connectivity index (χ0v) is 10.3. The number of hydrogen-bond acceptors (Lipinski definition) is 3. The Labute approximate surface area is 99.6 Å². The van der Waals surface area contributed by atoms with E-state index in [0.717, 1.165) is 10.7 Å². The molecule has 0 aliphatic carbocycles. The van der Waals surface area contributed by atoms with Crippen LogP contribution in [0.5, 0.6) is 0 Å². The van der Waals surface area contributed by atoms with E-state index in [4.69, 9.17) is 0 Å². The van der Waals surface area contributed by atoms with Crippen LogP contribution in [0.2, 0.25) is 0 Å². The lowest BCUT2D eigenvalue weighted by Gasteiger charge is -2.10. The maximum absolute atomic E-state index is 10.1. The molecule has 84 valence electrons. The summed E-state index contributed by atoms with van der Waals surface area (Å²) in [6, 6.07) is 8.13. The van der Waals surface area contributed by atoms with Crippen LogP contribution in [-0.2, 0) is 6.42 Å². The number of rotatable bonds is 3. The molecule has 0 aliphatic rings. The van der Waals surface area contributed by atoms with E-state index in [1.54, 1.807) is 11.3 Å². The summed E-state index contributed by atoms with van der Waals surface area (Å²) in [6.45, 7) is 4.02. The SMILES string of the molecule is Cc1nc(C(O)Cc2ccccc2C)cs1. The number of thiazole rings is 1. The minimum Gasteiger partial charge on any atom is -0.386 e. The molecular weight excluding hydrogens is 218 g/mol. The lowest BCUT2D eigenvalue weighted by Crippen LogP contribution is -2.03. The van der Waals surface area contributed by atoms with Crippen LogP contribution >= 0.6 is 11.3 Å². The van der Waals surface area contributed by atoms with Gasteiger partial charge in [-0.3, -0.25) is 0 Å². The highest BCUT2D eigenvalue weighted by atomic mass is 32.1. The minimum atomic E-state index is -0.494. The highest BCUT2D eigenvalue weighted by molar-refractivity contribution is 7.09. The predicted octanol–water partition coefficient (Wildman–Crippen LogP) is 3.04. The Kier molecular flexibility index (Phi) is 3.36. The van der Waals surface area contributed by atoms with Crippen molar-refractivity contribution in [2.75, 3.05) is 0 Å². The molecule has 1 aromatic carbocycles.